The van der Waals surface area contributed by atoms with Crippen molar-refractivity contribution in [3.05, 3.63) is 130 Å². The quantitative estimate of drug-likeness (QED) is 0.116. The number of ether oxygens (including phenoxy) is 2. The van der Waals surface area contributed by atoms with Crippen LogP contribution in [0.1, 0.15) is 45.6 Å². The molecule has 1 aliphatic rings. The van der Waals surface area contributed by atoms with Crippen LogP contribution in [0.15, 0.2) is 103 Å². The Kier molecular flexibility index (Phi) is 8.06. The first-order valence-corrected chi connectivity index (χ1v) is 13.4. The van der Waals surface area contributed by atoms with E-state index in [4.69, 9.17) is 9.47 Å². The van der Waals surface area contributed by atoms with Crippen molar-refractivity contribution in [3.8, 4) is 11.5 Å². The first-order chi connectivity index (χ1) is 20.3. The van der Waals surface area contributed by atoms with Gasteiger partial charge < -0.3 is 19.7 Å². The van der Waals surface area contributed by atoms with Crippen LogP contribution >= 0.6 is 0 Å². The number of amides is 1. The molecule has 1 heterocycles. The monoisotopic (exact) mass is 563 g/mol. The van der Waals surface area contributed by atoms with Crippen LogP contribution in [0.2, 0.25) is 0 Å². The predicted molar refractivity (Wildman–Crippen MR) is 157 cm³/mol. The van der Waals surface area contributed by atoms with E-state index in [1.807, 2.05) is 37.3 Å². The molecule has 1 saturated heterocycles. The summed E-state index contributed by atoms with van der Waals surface area (Å²) in [5.74, 6) is -2.05. The normalized spacial score (nSPS) is 16.0. The van der Waals surface area contributed by atoms with Crippen molar-refractivity contribution in [2.24, 2.45) is 0 Å². The molecule has 0 spiro atoms. The minimum Gasteiger partial charge on any atom is -0.508 e. The van der Waals surface area contributed by atoms with Gasteiger partial charge in [0.05, 0.1) is 23.8 Å². The Balaban J connectivity index is 1.54. The number of carbonyl (C=O) groups excluding carboxylic acids is 3. The molecule has 1 amide bonds. The Morgan fingerprint density at radius 1 is 0.881 bits per heavy atom. The highest BCUT2D eigenvalue weighted by molar-refractivity contribution is 6.51. The zero-order valence-corrected chi connectivity index (χ0v) is 23.1. The lowest BCUT2D eigenvalue weighted by molar-refractivity contribution is -0.132. The standard InChI is InChI=1S/C34H29NO7/c1-3-41-34(40)23-12-15-26(16-13-23)35-30(24-10-7-11-27(36)19-24)29(32(38)33(35)39)31(37)25-14-17-28(21(2)18-25)42-20-22-8-5-4-6-9-22/h4-19,30,36-37H,3,20H2,1-2H3/b31-29-. The van der Waals surface area contributed by atoms with Crippen molar-refractivity contribution >= 4 is 29.1 Å². The number of hydrogen-bond acceptors (Lipinski definition) is 7. The van der Waals surface area contributed by atoms with Crippen LogP contribution in [0.4, 0.5) is 5.69 Å². The number of aliphatic hydroxyl groups excluding tert-OH is 1. The van der Waals surface area contributed by atoms with E-state index in [0.29, 0.717) is 29.2 Å². The van der Waals surface area contributed by atoms with Crippen LogP contribution in [0.5, 0.6) is 11.5 Å². The third-order valence-electron chi connectivity index (χ3n) is 6.97. The van der Waals surface area contributed by atoms with Crippen molar-refractivity contribution in [1.29, 1.82) is 0 Å². The summed E-state index contributed by atoms with van der Waals surface area (Å²) in [6, 6.07) is 25.9. The van der Waals surface area contributed by atoms with Gasteiger partial charge >= 0.3 is 5.97 Å². The van der Waals surface area contributed by atoms with Crippen LogP contribution in [0.25, 0.3) is 5.76 Å². The maximum absolute atomic E-state index is 13.5. The smallest absolute Gasteiger partial charge is 0.338 e. The van der Waals surface area contributed by atoms with E-state index in [2.05, 4.69) is 0 Å². The number of hydrogen-bond donors (Lipinski definition) is 2. The molecule has 4 aromatic carbocycles. The lowest BCUT2D eigenvalue weighted by atomic mass is 9.94. The molecule has 0 saturated carbocycles. The molecule has 1 aliphatic heterocycles. The van der Waals surface area contributed by atoms with Crippen LogP contribution in [-0.4, -0.2) is 34.5 Å². The van der Waals surface area contributed by atoms with Crippen molar-refractivity contribution in [3.63, 3.8) is 0 Å². The molecule has 0 bridgehead atoms. The first kappa shape index (κ1) is 28.2. The molecule has 8 heteroatoms. The number of aryl methyl sites for hydroxylation is 1. The molecule has 1 atom stereocenters. The van der Waals surface area contributed by atoms with Crippen molar-refractivity contribution in [2.75, 3.05) is 11.5 Å². The van der Waals surface area contributed by atoms with E-state index in [-0.39, 0.29) is 29.3 Å². The number of nitrogens with zero attached hydrogens (tertiary/aromatic N) is 1. The molecule has 42 heavy (non-hydrogen) atoms. The van der Waals surface area contributed by atoms with Gasteiger partial charge in [0.1, 0.15) is 23.9 Å². The summed E-state index contributed by atoms with van der Waals surface area (Å²) < 4.78 is 11.0. The molecular weight excluding hydrogens is 534 g/mol. The lowest BCUT2D eigenvalue weighted by Crippen LogP contribution is -2.29. The Bertz CT molecular complexity index is 1680. The summed E-state index contributed by atoms with van der Waals surface area (Å²) in [6.45, 7) is 4.11. The van der Waals surface area contributed by atoms with Gasteiger partial charge in [-0.1, -0.05) is 42.5 Å². The molecule has 212 valence electrons. The Morgan fingerprint density at radius 3 is 2.26 bits per heavy atom. The zero-order valence-electron chi connectivity index (χ0n) is 23.1. The van der Waals surface area contributed by atoms with Crippen LogP contribution in [0, 0.1) is 6.92 Å². The second kappa shape index (κ2) is 12.0. The Labute approximate surface area is 243 Å². The number of aromatic hydroxyl groups is 1. The molecule has 8 nitrogen and oxygen atoms in total. The number of phenols is 1. The number of benzene rings is 4. The minimum absolute atomic E-state index is 0.0634. The van der Waals surface area contributed by atoms with E-state index >= 15 is 0 Å². The van der Waals surface area contributed by atoms with E-state index in [9.17, 15) is 24.6 Å². The summed E-state index contributed by atoms with van der Waals surface area (Å²) in [4.78, 5) is 40.3. The number of Topliss-reactive ketones (excluding diaryl/α,β-unsaturated/α-hetero) is 1. The van der Waals surface area contributed by atoms with Crippen LogP contribution < -0.4 is 9.64 Å². The van der Waals surface area contributed by atoms with Crippen molar-refractivity contribution in [1.82, 2.24) is 0 Å². The number of esters is 1. The molecule has 0 aromatic heterocycles. The van der Waals surface area contributed by atoms with Gasteiger partial charge in [0, 0.05) is 11.3 Å². The van der Waals surface area contributed by atoms with Gasteiger partial charge in [-0.05, 0) is 85.1 Å². The van der Waals surface area contributed by atoms with E-state index < -0.39 is 23.7 Å². The molecule has 1 fully saturated rings. The lowest BCUT2D eigenvalue weighted by Gasteiger charge is -2.25. The summed E-state index contributed by atoms with van der Waals surface area (Å²) in [5, 5.41) is 21.7. The number of anilines is 1. The third-order valence-corrected chi connectivity index (χ3v) is 6.97. The summed E-state index contributed by atoms with van der Waals surface area (Å²) >= 11 is 0. The zero-order chi connectivity index (χ0) is 29.8. The van der Waals surface area contributed by atoms with Gasteiger partial charge in [0.15, 0.2) is 0 Å². The molecule has 0 aliphatic carbocycles. The Morgan fingerprint density at radius 2 is 1.60 bits per heavy atom. The number of ketones is 1. The summed E-state index contributed by atoms with van der Waals surface area (Å²) in [7, 11) is 0. The number of aliphatic hydroxyl groups is 1. The molecule has 5 rings (SSSR count). The van der Waals surface area contributed by atoms with Crippen molar-refractivity contribution in [2.45, 2.75) is 26.5 Å². The van der Waals surface area contributed by atoms with Gasteiger partial charge in [-0.2, -0.15) is 0 Å². The topological polar surface area (TPSA) is 113 Å². The molecule has 0 radical (unpaired) electrons. The molecule has 4 aromatic rings. The highest BCUT2D eigenvalue weighted by Gasteiger charge is 2.47. The highest BCUT2D eigenvalue weighted by Crippen LogP contribution is 2.43. The van der Waals surface area contributed by atoms with Crippen LogP contribution in [0.3, 0.4) is 0 Å². The number of carbonyl (C=O) groups is 3. The largest absolute Gasteiger partial charge is 0.508 e. The highest BCUT2D eigenvalue weighted by atomic mass is 16.5. The van der Waals surface area contributed by atoms with Gasteiger partial charge in [-0.15, -0.1) is 0 Å². The van der Waals surface area contributed by atoms with E-state index in [0.717, 1.165) is 11.1 Å². The number of phenolic OH excluding ortho intramolecular Hbond substituents is 1. The maximum Gasteiger partial charge on any atom is 0.338 e. The second-order valence-electron chi connectivity index (χ2n) is 9.79. The Hall–Kier alpha value is -5.37. The fourth-order valence-corrected chi connectivity index (χ4v) is 4.93. The SMILES string of the molecule is CCOC(=O)c1ccc(N2C(=O)C(=O)/C(=C(\O)c3ccc(OCc4ccccc4)c(C)c3)C2c2cccc(O)c2)cc1. The summed E-state index contributed by atoms with van der Waals surface area (Å²) in [5.41, 5.74) is 2.98. The second-order valence-corrected chi connectivity index (χ2v) is 9.79. The maximum atomic E-state index is 13.5. The average Bonchev–Trinajstić information content (AvgIpc) is 3.26. The van der Waals surface area contributed by atoms with Crippen molar-refractivity contribution < 1.29 is 34.1 Å². The molecular formula is C34H29NO7. The predicted octanol–water partition coefficient (Wildman–Crippen LogP) is 6.08. The van der Waals surface area contributed by atoms with Gasteiger partial charge in [-0.3, -0.25) is 14.5 Å². The van der Waals surface area contributed by atoms with Gasteiger partial charge in [0.2, 0.25) is 0 Å². The fraction of sp³-hybridized carbons (Fsp3) is 0.147. The first-order valence-electron chi connectivity index (χ1n) is 13.4. The van der Waals surface area contributed by atoms with Crippen LogP contribution in [-0.2, 0) is 20.9 Å². The van der Waals surface area contributed by atoms with Gasteiger partial charge in [-0.25, -0.2) is 4.79 Å². The summed E-state index contributed by atoms with van der Waals surface area (Å²) in [6.07, 6.45) is 0. The minimum atomic E-state index is -1.04. The fourth-order valence-electron chi connectivity index (χ4n) is 4.93. The molecule has 1 unspecified atom stereocenters. The van der Waals surface area contributed by atoms with Gasteiger partial charge in [0.25, 0.3) is 11.7 Å². The number of rotatable bonds is 8. The average molecular weight is 564 g/mol. The molecule has 2 N–H and O–H groups in total. The van der Waals surface area contributed by atoms with E-state index in [1.54, 1.807) is 37.3 Å². The van der Waals surface area contributed by atoms with E-state index in [1.165, 1.54) is 41.3 Å². The third kappa shape index (κ3) is 5.60.